The molecule has 1 aromatic rings. The van der Waals surface area contributed by atoms with E-state index in [1.807, 2.05) is 0 Å². The van der Waals surface area contributed by atoms with E-state index >= 15 is 0 Å². The number of likely N-dealkylation sites (N-methyl/N-ethyl adjacent to an activating group) is 1. The molecule has 0 saturated carbocycles. The molecule has 1 fully saturated rings. The quantitative estimate of drug-likeness (QED) is 0.873. The summed E-state index contributed by atoms with van der Waals surface area (Å²) in [6.45, 7) is 8.72. The van der Waals surface area contributed by atoms with Crippen LogP contribution in [-0.4, -0.2) is 35.6 Å². The van der Waals surface area contributed by atoms with E-state index in [0.717, 1.165) is 25.3 Å². The Hall–Kier alpha value is -0.450. The van der Waals surface area contributed by atoms with Crippen LogP contribution in [0.15, 0.2) is 5.38 Å². The summed E-state index contributed by atoms with van der Waals surface area (Å²) in [7, 11) is 0. The molecule has 0 bridgehead atoms. The Morgan fingerprint density at radius 2 is 2.41 bits per heavy atom. The van der Waals surface area contributed by atoms with Gasteiger partial charge in [0.25, 0.3) is 0 Å². The third-order valence-corrected chi connectivity index (χ3v) is 4.34. The molecule has 2 rings (SSSR count). The first-order valence-corrected chi connectivity index (χ1v) is 7.53. The summed E-state index contributed by atoms with van der Waals surface area (Å²) >= 11 is 1.80. The van der Waals surface area contributed by atoms with Gasteiger partial charge in [0, 0.05) is 23.7 Å². The van der Waals surface area contributed by atoms with Crippen molar-refractivity contribution in [2.24, 2.45) is 0 Å². The highest BCUT2D eigenvalue weighted by molar-refractivity contribution is 7.09. The summed E-state index contributed by atoms with van der Waals surface area (Å²) in [5.41, 5.74) is 1.16. The second-order valence-electron chi connectivity index (χ2n) is 4.81. The Morgan fingerprint density at radius 3 is 3.12 bits per heavy atom. The normalized spacial score (nSPS) is 21.9. The molecule has 1 atom stereocenters. The highest BCUT2D eigenvalue weighted by atomic mass is 32.1. The zero-order valence-corrected chi connectivity index (χ0v) is 11.7. The SMILES string of the molecule is CCNCC1CCCCN1Cc1nc(C)cs1. The molecule has 1 aliphatic heterocycles. The molecular formula is C13H23N3S. The number of thiazole rings is 1. The summed E-state index contributed by atoms with van der Waals surface area (Å²) in [5, 5.41) is 6.90. The molecule has 1 unspecified atom stereocenters. The summed E-state index contributed by atoms with van der Waals surface area (Å²) in [5.74, 6) is 0. The molecule has 1 aromatic heterocycles. The molecule has 1 N–H and O–H groups in total. The van der Waals surface area contributed by atoms with Crippen molar-refractivity contribution < 1.29 is 0 Å². The standard InChI is InChI=1S/C13H23N3S/c1-3-14-8-12-6-4-5-7-16(12)9-13-15-11(2)10-17-13/h10,12,14H,3-9H2,1-2H3. The monoisotopic (exact) mass is 253 g/mol. The first-order chi connectivity index (χ1) is 8.29. The zero-order chi connectivity index (χ0) is 12.1. The molecule has 0 aliphatic carbocycles. The van der Waals surface area contributed by atoms with Crippen molar-refractivity contribution in [2.45, 2.75) is 45.7 Å². The molecular weight excluding hydrogens is 230 g/mol. The number of aryl methyl sites for hydroxylation is 1. The topological polar surface area (TPSA) is 28.2 Å². The fourth-order valence-corrected chi connectivity index (χ4v) is 3.26. The van der Waals surface area contributed by atoms with Crippen LogP contribution >= 0.6 is 11.3 Å². The summed E-state index contributed by atoms with van der Waals surface area (Å²) in [6, 6.07) is 0.702. The first kappa shape index (κ1) is 13.0. The second kappa shape index (κ2) is 6.47. The van der Waals surface area contributed by atoms with Gasteiger partial charge in [-0.15, -0.1) is 11.3 Å². The number of nitrogens with one attached hydrogen (secondary N) is 1. The second-order valence-corrected chi connectivity index (χ2v) is 5.75. The van der Waals surface area contributed by atoms with Gasteiger partial charge in [0.1, 0.15) is 5.01 Å². The van der Waals surface area contributed by atoms with E-state index in [4.69, 9.17) is 0 Å². The Bertz CT molecular complexity index is 337. The molecule has 0 radical (unpaired) electrons. The number of piperidine rings is 1. The van der Waals surface area contributed by atoms with Gasteiger partial charge < -0.3 is 5.32 Å². The third kappa shape index (κ3) is 3.76. The molecule has 1 saturated heterocycles. The molecule has 17 heavy (non-hydrogen) atoms. The Morgan fingerprint density at radius 1 is 1.53 bits per heavy atom. The van der Waals surface area contributed by atoms with Gasteiger partial charge in [0.15, 0.2) is 0 Å². The van der Waals surface area contributed by atoms with E-state index in [2.05, 4.69) is 34.4 Å². The number of likely N-dealkylation sites (tertiary alicyclic amines) is 1. The predicted octanol–water partition coefficient (Wildman–Crippen LogP) is 2.42. The highest BCUT2D eigenvalue weighted by Gasteiger charge is 2.22. The van der Waals surface area contributed by atoms with Crippen molar-refractivity contribution in [2.75, 3.05) is 19.6 Å². The summed E-state index contributed by atoms with van der Waals surface area (Å²) in [4.78, 5) is 7.18. The van der Waals surface area contributed by atoms with Gasteiger partial charge in [-0.1, -0.05) is 13.3 Å². The van der Waals surface area contributed by atoms with Crippen LogP contribution in [0.2, 0.25) is 0 Å². The van der Waals surface area contributed by atoms with Crippen LogP contribution in [-0.2, 0) is 6.54 Å². The minimum Gasteiger partial charge on any atom is -0.315 e. The number of nitrogens with zero attached hydrogens (tertiary/aromatic N) is 2. The van der Waals surface area contributed by atoms with Crippen molar-refractivity contribution in [1.82, 2.24) is 15.2 Å². The van der Waals surface area contributed by atoms with Crippen molar-refractivity contribution in [1.29, 1.82) is 0 Å². The average molecular weight is 253 g/mol. The maximum atomic E-state index is 4.58. The molecule has 0 aromatic carbocycles. The molecule has 2 heterocycles. The van der Waals surface area contributed by atoms with Gasteiger partial charge in [-0.05, 0) is 32.9 Å². The molecule has 3 nitrogen and oxygen atoms in total. The molecule has 0 spiro atoms. The lowest BCUT2D eigenvalue weighted by Gasteiger charge is -2.35. The fourth-order valence-electron chi connectivity index (χ4n) is 2.46. The van der Waals surface area contributed by atoms with E-state index in [9.17, 15) is 0 Å². The first-order valence-electron chi connectivity index (χ1n) is 6.65. The number of hydrogen-bond donors (Lipinski definition) is 1. The van der Waals surface area contributed by atoms with Crippen LogP contribution in [0.3, 0.4) is 0 Å². The van der Waals surface area contributed by atoms with Crippen molar-refractivity contribution >= 4 is 11.3 Å². The largest absolute Gasteiger partial charge is 0.315 e. The lowest BCUT2D eigenvalue weighted by molar-refractivity contribution is 0.138. The van der Waals surface area contributed by atoms with Crippen LogP contribution in [0.1, 0.15) is 36.9 Å². The van der Waals surface area contributed by atoms with Crippen LogP contribution in [0.25, 0.3) is 0 Å². The highest BCUT2D eigenvalue weighted by Crippen LogP contribution is 2.20. The lowest BCUT2D eigenvalue weighted by Crippen LogP contribution is -2.44. The van der Waals surface area contributed by atoms with E-state index in [0.29, 0.717) is 6.04 Å². The molecule has 96 valence electrons. The maximum absolute atomic E-state index is 4.58. The Labute approximate surface area is 108 Å². The van der Waals surface area contributed by atoms with Crippen molar-refractivity contribution in [3.63, 3.8) is 0 Å². The number of hydrogen-bond acceptors (Lipinski definition) is 4. The minimum atomic E-state index is 0.702. The number of rotatable bonds is 5. The Balaban J connectivity index is 1.91. The zero-order valence-electron chi connectivity index (χ0n) is 10.9. The minimum absolute atomic E-state index is 0.702. The van der Waals surface area contributed by atoms with Crippen LogP contribution in [0.4, 0.5) is 0 Å². The van der Waals surface area contributed by atoms with Crippen LogP contribution in [0.5, 0.6) is 0 Å². The van der Waals surface area contributed by atoms with E-state index < -0.39 is 0 Å². The van der Waals surface area contributed by atoms with Crippen molar-refractivity contribution in [3.8, 4) is 0 Å². The predicted molar refractivity (Wildman–Crippen MR) is 73.4 cm³/mol. The van der Waals surface area contributed by atoms with E-state index in [1.54, 1.807) is 11.3 Å². The van der Waals surface area contributed by atoms with E-state index in [-0.39, 0.29) is 0 Å². The van der Waals surface area contributed by atoms with Gasteiger partial charge in [0.05, 0.1) is 6.54 Å². The lowest BCUT2D eigenvalue weighted by atomic mass is 10.0. The Kier molecular flexibility index (Phi) is 4.95. The van der Waals surface area contributed by atoms with Gasteiger partial charge in [0.2, 0.25) is 0 Å². The van der Waals surface area contributed by atoms with Crippen LogP contribution in [0, 0.1) is 6.92 Å². The summed E-state index contributed by atoms with van der Waals surface area (Å²) < 4.78 is 0. The van der Waals surface area contributed by atoms with Crippen LogP contribution < -0.4 is 5.32 Å². The average Bonchev–Trinajstić information content (AvgIpc) is 2.74. The van der Waals surface area contributed by atoms with Gasteiger partial charge in [-0.3, -0.25) is 4.90 Å². The third-order valence-electron chi connectivity index (χ3n) is 3.38. The molecule has 0 amide bonds. The fraction of sp³-hybridized carbons (Fsp3) is 0.769. The van der Waals surface area contributed by atoms with Gasteiger partial charge >= 0.3 is 0 Å². The molecule has 4 heteroatoms. The summed E-state index contributed by atoms with van der Waals surface area (Å²) in [6.07, 6.45) is 4.05. The van der Waals surface area contributed by atoms with Gasteiger partial charge in [-0.2, -0.15) is 0 Å². The maximum Gasteiger partial charge on any atom is 0.107 e. The molecule has 1 aliphatic rings. The van der Waals surface area contributed by atoms with Crippen molar-refractivity contribution in [3.05, 3.63) is 16.1 Å². The number of aromatic nitrogens is 1. The smallest absolute Gasteiger partial charge is 0.107 e. The van der Waals surface area contributed by atoms with Gasteiger partial charge in [-0.25, -0.2) is 4.98 Å². The van der Waals surface area contributed by atoms with E-state index in [1.165, 1.54) is 30.8 Å².